The SMILES string of the molecule is O=C(CCc1ccncn1)N1CCN(C(=O)c2cc3cnccc3[nH]2)CC1. The van der Waals surface area contributed by atoms with Gasteiger partial charge in [-0.3, -0.25) is 14.6 Å². The number of pyridine rings is 1. The molecule has 0 bridgehead atoms. The van der Waals surface area contributed by atoms with E-state index in [2.05, 4.69) is 19.9 Å². The number of aryl methyl sites for hydroxylation is 1. The molecular weight excluding hydrogens is 344 g/mol. The highest BCUT2D eigenvalue weighted by molar-refractivity contribution is 5.98. The molecule has 1 aliphatic rings. The minimum atomic E-state index is -0.0423. The van der Waals surface area contributed by atoms with E-state index in [9.17, 15) is 9.59 Å². The summed E-state index contributed by atoms with van der Waals surface area (Å²) in [6.45, 7) is 2.17. The normalized spacial score (nSPS) is 14.5. The molecule has 1 fully saturated rings. The number of carbonyl (C=O) groups is 2. The number of nitrogens with one attached hydrogen (secondary N) is 1. The van der Waals surface area contributed by atoms with Gasteiger partial charge in [0.2, 0.25) is 5.91 Å². The number of hydrogen-bond donors (Lipinski definition) is 1. The molecule has 0 aromatic carbocycles. The number of piperazine rings is 1. The van der Waals surface area contributed by atoms with Crippen molar-refractivity contribution >= 4 is 22.7 Å². The Labute approximate surface area is 156 Å². The van der Waals surface area contributed by atoms with Crippen molar-refractivity contribution in [1.82, 2.24) is 29.7 Å². The van der Waals surface area contributed by atoms with Gasteiger partial charge in [-0.05, 0) is 24.6 Å². The van der Waals surface area contributed by atoms with Crippen LogP contribution in [-0.4, -0.2) is 67.7 Å². The van der Waals surface area contributed by atoms with Crippen LogP contribution in [0.5, 0.6) is 0 Å². The maximum Gasteiger partial charge on any atom is 0.270 e. The van der Waals surface area contributed by atoms with Gasteiger partial charge < -0.3 is 14.8 Å². The van der Waals surface area contributed by atoms with Gasteiger partial charge in [-0.1, -0.05) is 0 Å². The largest absolute Gasteiger partial charge is 0.350 e. The number of hydrogen-bond acceptors (Lipinski definition) is 5. The predicted molar refractivity (Wildman–Crippen MR) is 98.9 cm³/mol. The monoisotopic (exact) mass is 364 g/mol. The molecule has 4 heterocycles. The Morgan fingerprint density at radius 2 is 1.81 bits per heavy atom. The lowest BCUT2D eigenvalue weighted by Gasteiger charge is -2.34. The van der Waals surface area contributed by atoms with E-state index >= 15 is 0 Å². The lowest BCUT2D eigenvalue weighted by molar-refractivity contribution is -0.132. The quantitative estimate of drug-likeness (QED) is 0.752. The molecule has 138 valence electrons. The van der Waals surface area contributed by atoms with Crippen molar-refractivity contribution in [3.05, 3.63) is 54.5 Å². The number of aromatic amines is 1. The van der Waals surface area contributed by atoms with Crippen LogP contribution in [0.2, 0.25) is 0 Å². The third-order valence-corrected chi connectivity index (χ3v) is 4.81. The van der Waals surface area contributed by atoms with Gasteiger partial charge in [0.25, 0.3) is 5.91 Å². The maximum absolute atomic E-state index is 12.7. The lowest BCUT2D eigenvalue weighted by Crippen LogP contribution is -2.50. The molecular formula is C19H20N6O2. The Morgan fingerprint density at radius 3 is 2.56 bits per heavy atom. The first kappa shape index (κ1) is 17.1. The van der Waals surface area contributed by atoms with E-state index in [1.165, 1.54) is 6.33 Å². The fourth-order valence-electron chi connectivity index (χ4n) is 3.28. The summed E-state index contributed by atoms with van der Waals surface area (Å²) in [5, 5.41) is 0.916. The molecule has 0 atom stereocenters. The van der Waals surface area contributed by atoms with E-state index in [-0.39, 0.29) is 11.8 Å². The molecule has 0 radical (unpaired) electrons. The maximum atomic E-state index is 12.7. The smallest absolute Gasteiger partial charge is 0.270 e. The van der Waals surface area contributed by atoms with Gasteiger partial charge in [0, 0.05) is 67.8 Å². The Balaban J connectivity index is 1.31. The van der Waals surface area contributed by atoms with E-state index in [1.807, 2.05) is 23.1 Å². The second kappa shape index (κ2) is 7.53. The van der Waals surface area contributed by atoms with Crippen molar-refractivity contribution in [1.29, 1.82) is 0 Å². The minimum Gasteiger partial charge on any atom is -0.350 e. The molecule has 8 heteroatoms. The molecule has 27 heavy (non-hydrogen) atoms. The number of H-pyrrole nitrogens is 1. The highest BCUT2D eigenvalue weighted by Crippen LogP contribution is 2.16. The van der Waals surface area contributed by atoms with Crippen LogP contribution >= 0.6 is 0 Å². The zero-order chi connectivity index (χ0) is 18.6. The van der Waals surface area contributed by atoms with Crippen molar-refractivity contribution in [2.24, 2.45) is 0 Å². The first-order valence-electron chi connectivity index (χ1n) is 8.95. The molecule has 0 saturated carbocycles. The van der Waals surface area contributed by atoms with Crippen LogP contribution in [0.25, 0.3) is 10.9 Å². The molecule has 4 rings (SSSR count). The number of aromatic nitrogens is 4. The fraction of sp³-hybridized carbons (Fsp3) is 0.316. The van der Waals surface area contributed by atoms with Gasteiger partial charge in [0.1, 0.15) is 12.0 Å². The Bertz CT molecular complexity index is 914. The summed E-state index contributed by atoms with van der Waals surface area (Å²) < 4.78 is 0. The van der Waals surface area contributed by atoms with Crippen LogP contribution < -0.4 is 0 Å². The average molecular weight is 364 g/mol. The highest BCUT2D eigenvalue weighted by atomic mass is 16.2. The molecule has 0 spiro atoms. The second-order valence-corrected chi connectivity index (χ2v) is 6.52. The molecule has 1 N–H and O–H groups in total. The standard InChI is InChI=1S/C19H20N6O2/c26-18(2-1-15-3-5-21-13-22-15)24-7-9-25(10-8-24)19(27)17-11-14-12-20-6-4-16(14)23-17/h3-6,11-13,23H,1-2,7-10H2. The van der Waals surface area contributed by atoms with Gasteiger partial charge in [0.05, 0.1) is 0 Å². The Morgan fingerprint density at radius 1 is 1.04 bits per heavy atom. The van der Waals surface area contributed by atoms with E-state index in [0.717, 1.165) is 16.6 Å². The summed E-state index contributed by atoms with van der Waals surface area (Å²) in [5.74, 6) is 0.0525. The van der Waals surface area contributed by atoms with E-state index < -0.39 is 0 Å². The summed E-state index contributed by atoms with van der Waals surface area (Å²) in [7, 11) is 0. The number of nitrogens with zero attached hydrogens (tertiary/aromatic N) is 5. The molecule has 3 aromatic heterocycles. The van der Waals surface area contributed by atoms with Gasteiger partial charge in [-0.2, -0.15) is 0 Å². The summed E-state index contributed by atoms with van der Waals surface area (Å²) in [6.07, 6.45) is 7.61. The van der Waals surface area contributed by atoms with Crippen LogP contribution in [-0.2, 0) is 11.2 Å². The summed E-state index contributed by atoms with van der Waals surface area (Å²) in [5.41, 5.74) is 2.31. The van der Waals surface area contributed by atoms with Crippen LogP contribution in [0.3, 0.4) is 0 Å². The van der Waals surface area contributed by atoms with Crippen LogP contribution in [0.4, 0.5) is 0 Å². The number of rotatable bonds is 4. The van der Waals surface area contributed by atoms with Gasteiger partial charge in [0.15, 0.2) is 0 Å². The zero-order valence-electron chi connectivity index (χ0n) is 14.8. The fourth-order valence-corrected chi connectivity index (χ4v) is 3.28. The first-order chi connectivity index (χ1) is 13.2. The molecule has 8 nitrogen and oxygen atoms in total. The lowest BCUT2D eigenvalue weighted by atomic mass is 10.2. The van der Waals surface area contributed by atoms with Crippen molar-refractivity contribution in [3.8, 4) is 0 Å². The Hall–Kier alpha value is -3.29. The van der Waals surface area contributed by atoms with E-state index in [4.69, 9.17) is 0 Å². The molecule has 3 aromatic rings. The molecule has 0 unspecified atom stereocenters. The van der Waals surface area contributed by atoms with Crippen LogP contribution in [0, 0.1) is 0 Å². The zero-order valence-corrected chi connectivity index (χ0v) is 14.8. The minimum absolute atomic E-state index is 0.0423. The van der Waals surface area contributed by atoms with E-state index in [0.29, 0.717) is 44.7 Å². The Kier molecular flexibility index (Phi) is 4.78. The molecule has 1 saturated heterocycles. The molecule has 0 aliphatic carbocycles. The number of amides is 2. The number of carbonyl (C=O) groups excluding carboxylic acids is 2. The summed E-state index contributed by atoms with van der Waals surface area (Å²) in [4.78, 5) is 43.9. The third-order valence-electron chi connectivity index (χ3n) is 4.81. The van der Waals surface area contributed by atoms with E-state index in [1.54, 1.807) is 23.5 Å². The van der Waals surface area contributed by atoms with Crippen molar-refractivity contribution in [3.63, 3.8) is 0 Å². The third kappa shape index (κ3) is 3.79. The van der Waals surface area contributed by atoms with Crippen LogP contribution in [0.15, 0.2) is 43.1 Å². The topological polar surface area (TPSA) is 95.1 Å². The summed E-state index contributed by atoms with van der Waals surface area (Å²) >= 11 is 0. The van der Waals surface area contributed by atoms with Crippen molar-refractivity contribution < 1.29 is 9.59 Å². The van der Waals surface area contributed by atoms with Crippen LogP contribution in [0.1, 0.15) is 22.6 Å². The van der Waals surface area contributed by atoms with Gasteiger partial charge >= 0.3 is 0 Å². The second-order valence-electron chi connectivity index (χ2n) is 6.52. The predicted octanol–water partition coefficient (Wildman–Crippen LogP) is 1.27. The van der Waals surface area contributed by atoms with Gasteiger partial charge in [-0.15, -0.1) is 0 Å². The molecule has 1 aliphatic heterocycles. The summed E-state index contributed by atoms with van der Waals surface area (Å²) in [6, 6.07) is 5.49. The average Bonchev–Trinajstić information content (AvgIpc) is 3.16. The first-order valence-corrected chi connectivity index (χ1v) is 8.95. The molecule has 2 amide bonds. The van der Waals surface area contributed by atoms with Gasteiger partial charge in [-0.25, -0.2) is 9.97 Å². The number of fused-ring (bicyclic) bond motifs is 1. The highest BCUT2D eigenvalue weighted by Gasteiger charge is 2.25. The van der Waals surface area contributed by atoms with Crippen molar-refractivity contribution in [2.45, 2.75) is 12.8 Å². The van der Waals surface area contributed by atoms with Crippen molar-refractivity contribution in [2.75, 3.05) is 26.2 Å².